The smallest absolute Gasteiger partial charge is 0.258 e. The zero-order valence-electron chi connectivity index (χ0n) is 12.5. The molecule has 0 spiro atoms. The van der Waals surface area contributed by atoms with Crippen LogP contribution >= 0.6 is 0 Å². The van der Waals surface area contributed by atoms with E-state index in [1.54, 1.807) is 23.4 Å². The zero-order chi connectivity index (χ0) is 15.1. The number of hydrogen-bond acceptors (Lipinski definition) is 4. The van der Waals surface area contributed by atoms with E-state index in [0.717, 1.165) is 13.0 Å². The normalized spacial score (nSPS) is 10.6. The molecule has 21 heavy (non-hydrogen) atoms. The lowest BCUT2D eigenvalue weighted by Crippen LogP contribution is -2.25. The number of hydrogen-bond donors (Lipinski definition) is 1. The Morgan fingerprint density at radius 2 is 2.29 bits per heavy atom. The lowest BCUT2D eigenvalue weighted by Gasteiger charge is -2.06. The van der Waals surface area contributed by atoms with Crippen molar-refractivity contribution < 1.29 is 9.53 Å². The van der Waals surface area contributed by atoms with E-state index in [0.29, 0.717) is 31.1 Å². The van der Waals surface area contributed by atoms with Crippen molar-refractivity contribution in [2.45, 2.75) is 33.4 Å². The summed E-state index contributed by atoms with van der Waals surface area (Å²) < 4.78 is 9.08. The maximum atomic E-state index is 12.2. The number of amides is 1. The molecule has 0 unspecified atom stereocenters. The molecule has 2 aromatic heterocycles. The molecular weight excluding hydrogens is 270 g/mol. The summed E-state index contributed by atoms with van der Waals surface area (Å²) >= 11 is 0. The summed E-state index contributed by atoms with van der Waals surface area (Å²) in [5.41, 5.74) is 0.487. The van der Waals surface area contributed by atoms with Crippen LogP contribution in [-0.4, -0.2) is 38.4 Å². The molecule has 0 aliphatic rings. The molecule has 0 bridgehead atoms. The Morgan fingerprint density at radius 1 is 1.43 bits per heavy atom. The van der Waals surface area contributed by atoms with Crippen LogP contribution in [0.3, 0.4) is 0 Å². The van der Waals surface area contributed by atoms with Crippen LogP contribution in [0, 0.1) is 0 Å². The summed E-state index contributed by atoms with van der Waals surface area (Å²) in [6.45, 7) is 6.45. The maximum Gasteiger partial charge on any atom is 0.258 e. The highest BCUT2D eigenvalue weighted by Crippen LogP contribution is 2.15. The first-order valence-electron chi connectivity index (χ1n) is 7.18. The summed E-state index contributed by atoms with van der Waals surface area (Å²) in [7, 11) is 0. The van der Waals surface area contributed by atoms with Crippen LogP contribution in [0.2, 0.25) is 0 Å². The first-order chi connectivity index (χ1) is 10.2. The Kier molecular flexibility index (Phi) is 5.36. The molecule has 0 atom stereocenters. The molecule has 2 rings (SSSR count). The van der Waals surface area contributed by atoms with Gasteiger partial charge >= 0.3 is 0 Å². The number of carbonyl (C=O) groups is 1. The quantitative estimate of drug-likeness (QED) is 0.744. The van der Waals surface area contributed by atoms with Crippen molar-refractivity contribution in [2.24, 2.45) is 0 Å². The van der Waals surface area contributed by atoms with Crippen molar-refractivity contribution in [3.05, 3.63) is 30.5 Å². The van der Waals surface area contributed by atoms with Gasteiger partial charge in [-0.05, 0) is 20.3 Å². The van der Waals surface area contributed by atoms with Crippen LogP contribution in [-0.2, 0) is 13.1 Å². The van der Waals surface area contributed by atoms with E-state index in [1.165, 1.54) is 0 Å². The molecule has 1 N–H and O–H groups in total. The second-order valence-electron chi connectivity index (χ2n) is 4.55. The van der Waals surface area contributed by atoms with Gasteiger partial charge in [-0.25, -0.2) is 4.98 Å². The predicted octanol–water partition coefficient (Wildman–Crippen LogP) is 1.32. The number of aryl methyl sites for hydroxylation is 2. The van der Waals surface area contributed by atoms with Gasteiger partial charge < -0.3 is 14.6 Å². The fraction of sp³-hybridized carbons (Fsp3) is 0.500. The van der Waals surface area contributed by atoms with Crippen LogP contribution in [0.25, 0.3) is 0 Å². The Balaban J connectivity index is 1.85. The third kappa shape index (κ3) is 4.08. The number of carbonyl (C=O) groups excluding carboxylic acids is 1. The van der Waals surface area contributed by atoms with Crippen LogP contribution in [0.1, 0.15) is 30.6 Å². The highest BCUT2D eigenvalue weighted by molar-refractivity contribution is 5.96. The van der Waals surface area contributed by atoms with Gasteiger partial charge in [-0.2, -0.15) is 0 Å². The number of rotatable bonds is 8. The van der Waals surface area contributed by atoms with E-state index in [1.807, 2.05) is 24.6 Å². The molecule has 2 aromatic rings. The molecule has 114 valence electrons. The highest BCUT2D eigenvalue weighted by Gasteiger charge is 2.16. The van der Waals surface area contributed by atoms with E-state index in [2.05, 4.69) is 15.4 Å². The highest BCUT2D eigenvalue weighted by atomic mass is 16.5. The van der Waals surface area contributed by atoms with E-state index < -0.39 is 0 Å². The van der Waals surface area contributed by atoms with Crippen molar-refractivity contribution in [1.82, 2.24) is 24.6 Å². The molecule has 7 nitrogen and oxygen atoms in total. The molecule has 0 aliphatic carbocycles. The van der Waals surface area contributed by atoms with E-state index in [4.69, 9.17) is 4.74 Å². The largest absolute Gasteiger partial charge is 0.476 e. The van der Waals surface area contributed by atoms with Gasteiger partial charge in [0.2, 0.25) is 5.88 Å². The summed E-state index contributed by atoms with van der Waals surface area (Å²) in [6.07, 6.45) is 7.97. The summed E-state index contributed by atoms with van der Waals surface area (Å²) in [5, 5.41) is 7.12. The van der Waals surface area contributed by atoms with E-state index >= 15 is 0 Å². The number of nitrogens with zero attached hydrogens (tertiary/aromatic N) is 4. The lowest BCUT2D eigenvalue weighted by atomic mass is 10.3. The third-order valence-corrected chi connectivity index (χ3v) is 3.02. The minimum Gasteiger partial charge on any atom is -0.476 e. The van der Waals surface area contributed by atoms with Gasteiger partial charge in [0.25, 0.3) is 5.91 Å². The van der Waals surface area contributed by atoms with Gasteiger partial charge in [-0.1, -0.05) is 0 Å². The second-order valence-corrected chi connectivity index (χ2v) is 4.55. The summed E-state index contributed by atoms with van der Waals surface area (Å²) in [4.78, 5) is 16.1. The number of ether oxygens (including phenoxy) is 1. The van der Waals surface area contributed by atoms with Crippen LogP contribution in [0.4, 0.5) is 0 Å². The molecule has 0 saturated heterocycles. The number of aromatic nitrogens is 4. The average molecular weight is 291 g/mol. The lowest BCUT2D eigenvalue weighted by molar-refractivity contribution is 0.0949. The SMILES string of the molecule is CCOc1nn(CC)cc1C(=O)NCCCn1ccnc1. The van der Waals surface area contributed by atoms with E-state index in [9.17, 15) is 4.79 Å². The van der Waals surface area contributed by atoms with Gasteiger partial charge in [0.1, 0.15) is 5.56 Å². The number of imidazole rings is 1. The monoisotopic (exact) mass is 291 g/mol. The molecule has 0 saturated carbocycles. The average Bonchev–Trinajstić information content (AvgIpc) is 3.13. The molecule has 0 aliphatic heterocycles. The molecule has 0 radical (unpaired) electrons. The fourth-order valence-corrected chi connectivity index (χ4v) is 1.94. The van der Waals surface area contributed by atoms with Crippen molar-refractivity contribution in [2.75, 3.05) is 13.2 Å². The minimum atomic E-state index is -0.149. The first kappa shape index (κ1) is 15.1. The van der Waals surface area contributed by atoms with Crippen molar-refractivity contribution >= 4 is 5.91 Å². The predicted molar refractivity (Wildman–Crippen MR) is 78.2 cm³/mol. The minimum absolute atomic E-state index is 0.149. The Morgan fingerprint density at radius 3 is 2.95 bits per heavy atom. The standard InChI is InChI=1S/C14H21N5O2/c1-3-19-10-12(14(17-19)21-4-2)13(20)16-6-5-8-18-9-7-15-11-18/h7,9-11H,3-6,8H2,1-2H3,(H,16,20). The second kappa shape index (κ2) is 7.47. The van der Waals surface area contributed by atoms with Gasteiger partial charge in [-0.3, -0.25) is 9.48 Å². The van der Waals surface area contributed by atoms with Crippen molar-refractivity contribution in [3.8, 4) is 5.88 Å². The summed E-state index contributed by atoms with van der Waals surface area (Å²) in [6, 6.07) is 0. The number of nitrogens with one attached hydrogen (secondary N) is 1. The fourth-order valence-electron chi connectivity index (χ4n) is 1.94. The third-order valence-electron chi connectivity index (χ3n) is 3.02. The molecule has 2 heterocycles. The zero-order valence-corrected chi connectivity index (χ0v) is 12.5. The molecule has 7 heteroatoms. The summed E-state index contributed by atoms with van der Waals surface area (Å²) in [5.74, 6) is 0.246. The molecular formula is C14H21N5O2. The maximum absolute atomic E-state index is 12.2. The van der Waals surface area contributed by atoms with Gasteiger partial charge in [0.15, 0.2) is 0 Å². The van der Waals surface area contributed by atoms with Crippen LogP contribution in [0.5, 0.6) is 5.88 Å². The molecule has 0 aromatic carbocycles. The van der Waals surface area contributed by atoms with Crippen LogP contribution < -0.4 is 10.1 Å². The van der Waals surface area contributed by atoms with Gasteiger partial charge in [0, 0.05) is 38.2 Å². The topological polar surface area (TPSA) is 74.0 Å². The van der Waals surface area contributed by atoms with Crippen LogP contribution in [0.15, 0.2) is 24.9 Å². The molecule has 1 amide bonds. The van der Waals surface area contributed by atoms with E-state index in [-0.39, 0.29) is 5.91 Å². The van der Waals surface area contributed by atoms with Crippen molar-refractivity contribution in [1.29, 1.82) is 0 Å². The molecule has 0 fully saturated rings. The Hall–Kier alpha value is -2.31. The van der Waals surface area contributed by atoms with Gasteiger partial charge in [-0.15, -0.1) is 5.10 Å². The Labute approximate surface area is 123 Å². The Bertz CT molecular complexity index is 562. The first-order valence-corrected chi connectivity index (χ1v) is 7.18. The van der Waals surface area contributed by atoms with Gasteiger partial charge in [0.05, 0.1) is 12.9 Å². The van der Waals surface area contributed by atoms with Crippen molar-refractivity contribution in [3.63, 3.8) is 0 Å².